The van der Waals surface area contributed by atoms with Crippen LogP contribution in [0.3, 0.4) is 0 Å². The third kappa shape index (κ3) is 8.16. The fraction of sp³-hybridized carbons (Fsp3) is 0.516. The summed E-state index contributed by atoms with van der Waals surface area (Å²) < 4.78 is 11.6. The van der Waals surface area contributed by atoms with E-state index in [0.717, 1.165) is 48.5 Å². The Morgan fingerprint density at radius 1 is 0.743 bits per heavy atom. The molecule has 0 fully saturated rings. The van der Waals surface area contributed by atoms with E-state index in [9.17, 15) is 4.79 Å². The Balaban J connectivity index is 1.47. The van der Waals surface area contributed by atoms with Gasteiger partial charge in [0.25, 0.3) is 0 Å². The first-order chi connectivity index (χ1) is 17.2. The second-order valence-corrected chi connectivity index (χ2v) is 9.40. The molecule has 0 aliphatic heterocycles. The second-order valence-electron chi connectivity index (χ2n) is 9.40. The fourth-order valence-electron chi connectivity index (χ4n) is 4.60. The molecule has 0 saturated carbocycles. The Hall–Kier alpha value is -2.75. The Kier molecular flexibility index (Phi) is 11.2. The summed E-state index contributed by atoms with van der Waals surface area (Å²) in [4.78, 5) is 14.9. The number of hydrogen-bond acceptors (Lipinski definition) is 4. The number of benzene rings is 2. The van der Waals surface area contributed by atoms with E-state index in [4.69, 9.17) is 9.15 Å². The molecule has 0 spiro atoms. The zero-order valence-corrected chi connectivity index (χ0v) is 22.0. The van der Waals surface area contributed by atoms with E-state index in [1.54, 1.807) is 0 Å². The Morgan fingerprint density at radius 2 is 1.37 bits per heavy atom. The topological polar surface area (TPSA) is 42.7 Å². The monoisotopic (exact) mass is 477 g/mol. The van der Waals surface area contributed by atoms with E-state index >= 15 is 0 Å². The van der Waals surface area contributed by atoms with Crippen LogP contribution in [0.1, 0.15) is 85.0 Å². The second kappa shape index (κ2) is 14.6. The SMILES string of the molecule is CCCCCCCCCCCCOc1ccc(-c2cc3ccc(N(CC)CC)cc3oc2=O)cc1. The molecule has 0 aliphatic carbocycles. The summed E-state index contributed by atoms with van der Waals surface area (Å²) in [6, 6.07) is 15.8. The van der Waals surface area contributed by atoms with Crippen molar-refractivity contribution in [2.45, 2.75) is 85.0 Å². The smallest absolute Gasteiger partial charge is 0.344 e. The maximum Gasteiger partial charge on any atom is 0.344 e. The summed E-state index contributed by atoms with van der Waals surface area (Å²) in [5.41, 5.74) is 2.81. The Labute approximate surface area is 211 Å². The molecule has 3 aromatic rings. The number of anilines is 1. The van der Waals surface area contributed by atoms with Gasteiger partial charge in [0.1, 0.15) is 11.3 Å². The van der Waals surface area contributed by atoms with Gasteiger partial charge in [-0.15, -0.1) is 0 Å². The quantitative estimate of drug-likeness (QED) is 0.153. The fourth-order valence-corrected chi connectivity index (χ4v) is 4.60. The molecule has 0 bridgehead atoms. The van der Waals surface area contributed by atoms with E-state index in [0.29, 0.717) is 11.1 Å². The van der Waals surface area contributed by atoms with Gasteiger partial charge in [-0.05, 0) is 56.2 Å². The van der Waals surface area contributed by atoms with Gasteiger partial charge in [-0.2, -0.15) is 0 Å². The van der Waals surface area contributed by atoms with Crippen LogP contribution in [0.15, 0.2) is 57.7 Å². The molecule has 2 aromatic carbocycles. The average molecular weight is 478 g/mol. The van der Waals surface area contributed by atoms with E-state index in [1.807, 2.05) is 42.5 Å². The van der Waals surface area contributed by atoms with Crippen LogP contribution in [-0.4, -0.2) is 19.7 Å². The van der Waals surface area contributed by atoms with Crippen molar-refractivity contribution in [2.24, 2.45) is 0 Å². The lowest BCUT2D eigenvalue weighted by atomic mass is 10.1. The van der Waals surface area contributed by atoms with Crippen molar-refractivity contribution < 1.29 is 9.15 Å². The van der Waals surface area contributed by atoms with Crippen LogP contribution in [0.4, 0.5) is 5.69 Å². The number of fused-ring (bicyclic) bond motifs is 1. The molecule has 0 amide bonds. The van der Waals surface area contributed by atoms with Crippen LogP contribution in [0.25, 0.3) is 22.1 Å². The molecule has 4 heteroatoms. The lowest BCUT2D eigenvalue weighted by Gasteiger charge is -2.21. The van der Waals surface area contributed by atoms with Crippen molar-refractivity contribution in [2.75, 3.05) is 24.6 Å². The maximum absolute atomic E-state index is 12.7. The number of hydrogen-bond donors (Lipinski definition) is 0. The van der Waals surface area contributed by atoms with Crippen molar-refractivity contribution in [3.63, 3.8) is 0 Å². The van der Waals surface area contributed by atoms with E-state index in [2.05, 4.69) is 31.7 Å². The molecule has 3 rings (SSSR count). The molecule has 0 N–H and O–H groups in total. The molecule has 4 nitrogen and oxygen atoms in total. The number of ether oxygens (including phenoxy) is 1. The third-order valence-corrected chi connectivity index (χ3v) is 6.78. The van der Waals surface area contributed by atoms with Crippen LogP contribution >= 0.6 is 0 Å². The highest BCUT2D eigenvalue weighted by Crippen LogP contribution is 2.26. The molecular weight excluding hydrogens is 434 g/mol. The molecule has 0 radical (unpaired) electrons. The first-order valence-electron chi connectivity index (χ1n) is 13.7. The predicted octanol–water partition coefficient (Wildman–Crippen LogP) is 8.61. The van der Waals surface area contributed by atoms with Gasteiger partial charge in [-0.3, -0.25) is 0 Å². The summed E-state index contributed by atoms with van der Waals surface area (Å²) in [5, 5.41) is 0.928. The van der Waals surface area contributed by atoms with Crippen LogP contribution < -0.4 is 15.3 Å². The van der Waals surface area contributed by atoms with E-state index in [-0.39, 0.29) is 5.63 Å². The number of rotatable bonds is 16. The third-order valence-electron chi connectivity index (χ3n) is 6.78. The zero-order chi connectivity index (χ0) is 24.9. The molecule has 1 heterocycles. The summed E-state index contributed by atoms with van der Waals surface area (Å²) >= 11 is 0. The highest BCUT2D eigenvalue weighted by Gasteiger charge is 2.10. The van der Waals surface area contributed by atoms with Gasteiger partial charge in [-0.25, -0.2) is 4.79 Å². The minimum Gasteiger partial charge on any atom is -0.494 e. The normalized spacial score (nSPS) is 11.2. The molecule has 0 aliphatic rings. The Morgan fingerprint density at radius 3 is 2.00 bits per heavy atom. The van der Waals surface area contributed by atoms with Gasteiger partial charge in [-0.1, -0.05) is 76.8 Å². The minimum atomic E-state index is -0.312. The lowest BCUT2D eigenvalue weighted by Crippen LogP contribution is -2.21. The molecule has 190 valence electrons. The minimum absolute atomic E-state index is 0.312. The highest BCUT2D eigenvalue weighted by atomic mass is 16.5. The van der Waals surface area contributed by atoms with Crippen molar-refractivity contribution in [3.05, 3.63) is 59.0 Å². The first kappa shape index (κ1) is 26.8. The van der Waals surface area contributed by atoms with Crippen molar-refractivity contribution in [1.29, 1.82) is 0 Å². The molecule has 0 unspecified atom stereocenters. The summed E-state index contributed by atoms with van der Waals surface area (Å²) in [7, 11) is 0. The maximum atomic E-state index is 12.7. The van der Waals surface area contributed by atoms with Crippen molar-refractivity contribution >= 4 is 16.7 Å². The number of nitrogens with zero attached hydrogens (tertiary/aromatic N) is 1. The lowest BCUT2D eigenvalue weighted by molar-refractivity contribution is 0.304. The van der Waals surface area contributed by atoms with Crippen LogP contribution in [-0.2, 0) is 0 Å². The van der Waals surface area contributed by atoms with Crippen molar-refractivity contribution in [1.82, 2.24) is 0 Å². The molecule has 0 atom stereocenters. The molecular formula is C31H43NO3. The predicted molar refractivity (Wildman–Crippen MR) is 149 cm³/mol. The van der Waals surface area contributed by atoms with Gasteiger partial charge >= 0.3 is 5.63 Å². The van der Waals surface area contributed by atoms with Crippen molar-refractivity contribution in [3.8, 4) is 16.9 Å². The van der Waals surface area contributed by atoms with Gasteiger partial charge in [0.15, 0.2) is 0 Å². The first-order valence-corrected chi connectivity index (χ1v) is 13.7. The number of unbranched alkanes of at least 4 members (excludes halogenated alkanes) is 9. The van der Waals surface area contributed by atoms with Gasteiger partial charge in [0, 0.05) is 30.2 Å². The Bertz CT molecular complexity index is 1070. The molecule has 1 aromatic heterocycles. The van der Waals surface area contributed by atoms with Crippen LogP contribution in [0, 0.1) is 0 Å². The van der Waals surface area contributed by atoms with E-state index in [1.165, 1.54) is 57.8 Å². The molecule has 0 saturated heterocycles. The zero-order valence-electron chi connectivity index (χ0n) is 22.0. The average Bonchev–Trinajstić information content (AvgIpc) is 2.88. The van der Waals surface area contributed by atoms with Gasteiger partial charge in [0.05, 0.1) is 12.2 Å². The summed E-state index contributed by atoms with van der Waals surface area (Å²) in [6.07, 6.45) is 13.2. The molecule has 35 heavy (non-hydrogen) atoms. The summed E-state index contributed by atoms with van der Waals surface area (Å²) in [5.74, 6) is 0.846. The van der Waals surface area contributed by atoms with Gasteiger partial charge in [0.2, 0.25) is 0 Å². The largest absolute Gasteiger partial charge is 0.494 e. The van der Waals surface area contributed by atoms with Crippen LogP contribution in [0.2, 0.25) is 0 Å². The van der Waals surface area contributed by atoms with Gasteiger partial charge < -0.3 is 14.1 Å². The van der Waals surface area contributed by atoms with E-state index < -0.39 is 0 Å². The summed E-state index contributed by atoms with van der Waals surface area (Å²) in [6.45, 7) is 9.08. The standard InChI is InChI=1S/C31H43NO3/c1-4-7-8-9-10-11-12-13-14-15-22-34-28-20-17-25(18-21-28)29-23-26-16-19-27(32(5-2)6-3)24-30(26)35-31(29)33/h16-21,23-24H,4-15,22H2,1-3H3. The highest BCUT2D eigenvalue weighted by molar-refractivity contribution is 5.84. The van der Waals surface area contributed by atoms with Crippen LogP contribution in [0.5, 0.6) is 5.75 Å².